The van der Waals surface area contributed by atoms with Crippen LogP contribution in [-0.2, 0) is 11.3 Å². The zero-order valence-electron chi connectivity index (χ0n) is 11.1. The molecule has 106 valence electrons. The smallest absolute Gasteiger partial charge is 0.342 e. The molecule has 0 aliphatic rings. The Balaban J connectivity index is 2.08. The summed E-state index contributed by atoms with van der Waals surface area (Å²) in [5.41, 5.74) is 1.22. The minimum absolute atomic E-state index is 0.287. The summed E-state index contributed by atoms with van der Waals surface area (Å²) >= 11 is 5.82. The van der Waals surface area contributed by atoms with Crippen LogP contribution in [0.5, 0.6) is 5.75 Å². The van der Waals surface area contributed by atoms with E-state index in [0.29, 0.717) is 22.9 Å². The van der Waals surface area contributed by atoms with Crippen molar-refractivity contribution in [2.75, 3.05) is 6.61 Å². The van der Waals surface area contributed by atoms with Crippen molar-refractivity contribution in [3.63, 3.8) is 0 Å². The number of esters is 1. The van der Waals surface area contributed by atoms with Gasteiger partial charge >= 0.3 is 5.97 Å². The monoisotopic (exact) mass is 301 g/mol. The zero-order valence-corrected chi connectivity index (χ0v) is 11.8. The molecule has 0 saturated heterocycles. The van der Waals surface area contributed by atoms with E-state index in [0.717, 1.165) is 5.56 Å². The van der Waals surface area contributed by atoms with Gasteiger partial charge in [0.25, 0.3) is 0 Å². The number of nitriles is 1. The van der Waals surface area contributed by atoms with E-state index in [4.69, 9.17) is 26.3 Å². The Labute approximate surface area is 127 Å². The number of hydrogen-bond acceptors (Lipinski definition) is 4. The molecule has 0 aliphatic heterocycles. The first-order valence-corrected chi connectivity index (χ1v) is 6.59. The van der Waals surface area contributed by atoms with Crippen LogP contribution in [0.2, 0.25) is 5.02 Å². The molecule has 0 unspecified atom stereocenters. The Morgan fingerprint density at radius 3 is 2.57 bits per heavy atom. The highest BCUT2D eigenvalue weighted by Gasteiger charge is 2.13. The Bertz CT molecular complexity index is 662. The topological polar surface area (TPSA) is 59.3 Å². The number of ether oxygens (including phenoxy) is 2. The van der Waals surface area contributed by atoms with Crippen LogP contribution in [0.15, 0.2) is 48.5 Å². The highest BCUT2D eigenvalue weighted by atomic mass is 35.5. The molecule has 0 heterocycles. The summed E-state index contributed by atoms with van der Waals surface area (Å²) in [5, 5.41) is 9.09. The second kappa shape index (κ2) is 7.32. The number of halogens is 1. The second-order valence-electron chi connectivity index (χ2n) is 4.15. The lowest BCUT2D eigenvalue weighted by molar-refractivity contribution is 0.0550. The van der Waals surface area contributed by atoms with Gasteiger partial charge in [-0.15, -0.1) is 0 Å². The van der Waals surface area contributed by atoms with Crippen molar-refractivity contribution < 1.29 is 14.3 Å². The molecule has 2 aromatic rings. The molecule has 2 aromatic carbocycles. The fourth-order valence-electron chi connectivity index (χ4n) is 1.68. The Morgan fingerprint density at radius 1 is 1.14 bits per heavy atom. The molecule has 0 saturated carbocycles. The maximum absolute atomic E-state index is 11.8. The van der Waals surface area contributed by atoms with Gasteiger partial charge in [-0.2, -0.15) is 5.26 Å². The van der Waals surface area contributed by atoms with Crippen molar-refractivity contribution in [1.29, 1.82) is 5.26 Å². The van der Waals surface area contributed by atoms with Crippen LogP contribution in [0.3, 0.4) is 0 Å². The average molecular weight is 302 g/mol. The summed E-state index contributed by atoms with van der Waals surface area (Å²) < 4.78 is 10.4. The Morgan fingerprint density at radius 2 is 1.86 bits per heavy atom. The standard InChI is InChI=1S/C16H12ClNO3/c17-13-7-5-12(6-8-13)11-21-15-4-2-1-3-14(15)16(19)20-10-9-18/h1-8H,10-11H2. The molecule has 0 spiro atoms. The van der Waals surface area contributed by atoms with Gasteiger partial charge in [-0.1, -0.05) is 35.9 Å². The van der Waals surface area contributed by atoms with Crippen LogP contribution in [0.1, 0.15) is 15.9 Å². The average Bonchev–Trinajstić information content (AvgIpc) is 2.52. The lowest BCUT2D eigenvalue weighted by atomic mass is 10.2. The normalized spacial score (nSPS) is 9.71. The molecular weight excluding hydrogens is 290 g/mol. The number of nitrogens with zero attached hydrogens (tertiary/aromatic N) is 1. The molecule has 0 fully saturated rings. The Kier molecular flexibility index (Phi) is 5.19. The number of hydrogen-bond donors (Lipinski definition) is 0. The van der Waals surface area contributed by atoms with E-state index in [9.17, 15) is 4.79 Å². The van der Waals surface area contributed by atoms with Crippen LogP contribution >= 0.6 is 11.6 Å². The highest BCUT2D eigenvalue weighted by molar-refractivity contribution is 6.30. The largest absolute Gasteiger partial charge is 0.488 e. The number of benzene rings is 2. The summed E-state index contributed by atoms with van der Waals surface area (Å²) in [6, 6.07) is 15.7. The van der Waals surface area contributed by atoms with Gasteiger partial charge in [0.05, 0.1) is 0 Å². The van der Waals surface area contributed by atoms with E-state index in [1.165, 1.54) is 0 Å². The molecule has 0 aliphatic carbocycles. The minimum atomic E-state index is -0.580. The van der Waals surface area contributed by atoms with E-state index in [-0.39, 0.29) is 6.61 Å². The van der Waals surface area contributed by atoms with Gasteiger partial charge in [0.1, 0.15) is 24.0 Å². The third kappa shape index (κ3) is 4.23. The van der Waals surface area contributed by atoms with Crippen molar-refractivity contribution in [2.45, 2.75) is 6.61 Å². The molecular formula is C16H12ClNO3. The van der Waals surface area contributed by atoms with Gasteiger partial charge in [0.15, 0.2) is 6.61 Å². The van der Waals surface area contributed by atoms with Crippen molar-refractivity contribution in [3.8, 4) is 11.8 Å². The minimum Gasteiger partial charge on any atom is -0.488 e. The van der Waals surface area contributed by atoms with Gasteiger partial charge in [0, 0.05) is 5.02 Å². The molecule has 2 rings (SSSR count). The molecule has 0 amide bonds. The molecule has 0 N–H and O–H groups in total. The molecule has 5 heteroatoms. The first-order valence-electron chi connectivity index (χ1n) is 6.21. The zero-order chi connectivity index (χ0) is 15.1. The van der Waals surface area contributed by atoms with E-state index in [1.54, 1.807) is 42.5 Å². The molecule has 21 heavy (non-hydrogen) atoms. The SMILES string of the molecule is N#CCOC(=O)c1ccccc1OCc1ccc(Cl)cc1. The predicted molar refractivity (Wildman–Crippen MR) is 78.1 cm³/mol. The van der Waals surface area contributed by atoms with Crippen LogP contribution in [0.25, 0.3) is 0 Å². The van der Waals surface area contributed by atoms with Gasteiger partial charge in [-0.3, -0.25) is 0 Å². The molecule has 0 bridgehead atoms. The summed E-state index contributed by atoms with van der Waals surface area (Å²) in [4.78, 5) is 11.8. The summed E-state index contributed by atoms with van der Waals surface area (Å²) in [5.74, 6) is -0.168. The van der Waals surface area contributed by atoms with E-state index in [1.807, 2.05) is 12.1 Å². The summed E-state index contributed by atoms with van der Waals surface area (Å²) in [6.45, 7) is 0.0179. The Hall–Kier alpha value is -2.51. The summed E-state index contributed by atoms with van der Waals surface area (Å²) in [6.07, 6.45) is 0. The number of rotatable bonds is 5. The lowest BCUT2D eigenvalue weighted by Crippen LogP contribution is -2.08. The van der Waals surface area contributed by atoms with Gasteiger partial charge in [0.2, 0.25) is 0 Å². The van der Waals surface area contributed by atoms with Crippen LogP contribution in [0.4, 0.5) is 0 Å². The first-order chi connectivity index (χ1) is 10.2. The maximum atomic E-state index is 11.8. The van der Waals surface area contributed by atoms with Gasteiger partial charge in [-0.25, -0.2) is 4.79 Å². The van der Waals surface area contributed by atoms with E-state index in [2.05, 4.69) is 0 Å². The van der Waals surface area contributed by atoms with Crippen molar-refractivity contribution in [3.05, 3.63) is 64.7 Å². The molecule has 0 aromatic heterocycles. The second-order valence-corrected chi connectivity index (χ2v) is 4.58. The van der Waals surface area contributed by atoms with E-state index >= 15 is 0 Å². The van der Waals surface area contributed by atoms with Gasteiger partial charge in [-0.05, 0) is 29.8 Å². The lowest BCUT2D eigenvalue weighted by Gasteiger charge is -2.10. The molecule has 0 atom stereocenters. The maximum Gasteiger partial charge on any atom is 0.342 e. The third-order valence-corrected chi connectivity index (χ3v) is 2.93. The molecule has 4 nitrogen and oxygen atoms in total. The van der Waals surface area contributed by atoms with Crippen molar-refractivity contribution in [2.24, 2.45) is 0 Å². The fraction of sp³-hybridized carbons (Fsp3) is 0.125. The van der Waals surface area contributed by atoms with Crippen molar-refractivity contribution >= 4 is 17.6 Å². The third-order valence-electron chi connectivity index (χ3n) is 2.68. The highest BCUT2D eigenvalue weighted by Crippen LogP contribution is 2.20. The van der Waals surface area contributed by atoms with Gasteiger partial charge < -0.3 is 9.47 Å². The number of carbonyl (C=O) groups is 1. The van der Waals surface area contributed by atoms with Crippen LogP contribution in [-0.4, -0.2) is 12.6 Å². The molecule has 0 radical (unpaired) electrons. The predicted octanol–water partition coefficient (Wildman–Crippen LogP) is 3.60. The quantitative estimate of drug-likeness (QED) is 0.792. The van der Waals surface area contributed by atoms with Crippen LogP contribution in [0, 0.1) is 11.3 Å². The summed E-state index contributed by atoms with van der Waals surface area (Å²) in [7, 11) is 0. The van der Waals surface area contributed by atoms with E-state index < -0.39 is 5.97 Å². The first kappa shape index (κ1) is 14.9. The fourth-order valence-corrected chi connectivity index (χ4v) is 1.80. The van der Waals surface area contributed by atoms with Crippen LogP contribution < -0.4 is 4.74 Å². The van der Waals surface area contributed by atoms with Crippen molar-refractivity contribution in [1.82, 2.24) is 0 Å². The number of para-hydroxylation sites is 1. The number of carbonyl (C=O) groups excluding carboxylic acids is 1.